The van der Waals surface area contributed by atoms with E-state index in [2.05, 4.69) is 21.0 Å². The molecule has 0 fully saturated rings. The molecule has 23 heavy (non-hydrogen) atoms. The Morgan fingerprint density at radius 1 is 1.09 bits per heavy atom. The number of halogens is 1. The van der Waals surface area contributed by atoms with Crippen LogP contribution in [0.1, 0.15) is 21.5 Å². The maximum atomic E-state index is 12.1. The molecule has 0 radical (unpaired) electrons. The average molecular weight is 371 g/mol. The van der Waals surface area contributed by atoms with Gasteiger partial charge < -0.3 is 4.74 Å². The summed E-state index contributed by atoms with van der Waals surface area (Å²) in [6, 6.07) is 17.0. The first-order valence-electron chi connectivity index (χ1n) is 7.19. The third-order valence-corrected chi connectivity index (χ3v) is 4.18. The minimum atomic E-state index is -0.327. The van der Waals surface area contributed by atoms with Crippen molar-refractivity contribution in [2.75, 3.05) is 0 Å². The van der Waals surface area contributed by atoms with Gasteiger partial charge in [0.05, 0.1) is 12.1 Å². The zero-order valence-electron chi connectivity index (χ0n) is 12.4. The van der Waals surface area contributed by atoms with Crippen LogP contribution < -0.4 is 0 Å². The molecule has 0 aliphatic rings. The number of hydrogen-bond acceptors (Lipinski definition) is 3. The van der Waals surface area contributed by atoms with Gasteiger partial charge in [-0.05, 0) is 29.8 Å². The zero-order chi connectivity index (χ0) is 16.1. The van der Waals surface area contributed by atoms with E-state index in [0.29, 0.717) is 12.1 Å². The first kappa shape index (κ1) is 15.5. The van der Waals surface area contributed by atoms with Gasteiger partial charge in [0.1, 0.15) is 6.61 Å². The fraction of sp³-hybridized carbons (Fsp3) is 0.111. The highest BCUT2D eigenvalue weighted by Gasteiger charge is 2.08. The summed E-state index contributed by atoms with van der Waals surface area (Å²) in [4.78, 5) is 12.1. The summed E-state index contributed by atoms with van der Waals surface area (Å²) < 4.78 is 8.12. The van der Waals surface area contributed by atoms with Crippen LogP contribution in [-0.2, 0) is 17.9 Å². The van der Waals surface area contributed by atoms with Crippen molar-refractivity contribution >= 4 is 21.9 Å². The van der Waals surface area contributed by atoms with Crippen molar-refractivity contribution in [2.24, 2.45) is 0 Å². The summed E-state index contributed by atoms with van der Waals surface area (Å²) in [6.45, 7) is 0.925. The summed E-state index contributed by atoms with van der Waals surface area (Å²) in [5.74, 6) is -0.327. The quantitative estimate of drug-likeness (QED) is 0.636. The lowest BCUT2D eigenvalue weighted by Gasteiger charge is -2.07. The minimum absolute atomic E-state index is 0.245. The monoisotopic (exact) mass is 370 g/mol. The second-order valence-electron chi connectivity index (χ2n) is 5.07. The molecule has 0 aliphatic heterocycles. The molecule has 116 valence electrons. The van der Waals surface area contributed by atoms with Gasteiger partial charge in [-0.15, -0.1) is 0 Å². The van der Waals surface area contributed by atoms with Gasteiger partial charge in [-0.1, -0.05) is 46.3 Å². The zero-order valence-corrected chi connectivity index (χ0v) is 13.9. The molecule has 3 rings (SSSR count). The van der Waals surface area contributed by atoms with Crippen LogP contribution in [0.25, 0.3) is 0 Å². The summed E-state index contributed by atoms with van der Waals surface area (Å²) in [5, 5.41) is 4.16. The first-order chi connectivity index (χ1) is 11.2. The Hall–Kier alpha value is -2.40. The first-order valence-corrected chi connectivity index (χ1v) is 7.98. The molecule has 0 unspecified atom stereocenters. The molecule has 0 N–H and O–H groups in total. The standard InChI is InChI=1S/C18H15BrN2O2/c19-17-5-2-1-4-16(17)13-23-18(22)15-8-6-14(7-9-15)12-21-11-3-10-20-21/h1-11H,12-13H2. The molecular formula is C18H15BrN2O2. The van der Waals surface area contributed by atoms with E-state index in [-0.39, 0.29) is 12.6 Å². The highest BCUT2D eigenvalue weighted by Crippen LogP contribution is 2.17. The third kappa shape index (κ3) is 4.07. The summed E-state index contributed by atoms with van der Waals surface area (Å²) in [7, 11) is 0. The maximum Gasteiger partial charge on any atom is 0.338 e. The van der Waals surface area contributed by atoms with Crippen molar-refractivity contribution in [2.45, 2.75) is 13.2 Å². The van der Waals surface area contributed by atoms with Gasteiger partial charge >= 0.3 is 5.97 Å². The molecule has 0 spiro atoms. The van der Waals surface area contributed by atoms with Crippen LogP contribution in [0, 0.1) is 0 Å². The number of benzene rings is 2. The number of rotatable bonds is 5. The van der Waals surface area contributed by atoms with Gasteiger partial charge in [-0.2, -0.15) is 5.10 Å². The van der Waals surface area contributed by atoms with Crippen LogP contribution in [0.15, 0.2) is 71.5 Å². The highest BCUT2D eigenvalue weighted by atomic mass is 79.9. The Morgan fingerprint density at radius 2 is 1.87 bits per heavy atom. The number of ether oxygens (including phenoxy) is 1. The molecule has 1 aromatic heterocycles. The Kier molecular flexibility index (Phi) is 4.88. The lowest BCUT2D eigenvalue weighted by atomic mass is 10.1. The third-order valence-electron chi connectivity index (χ3n) is 3.41. The van der Waals surface area contributed by atoms with Gasteiger partial charge in [0.25, 0.3) is 0 Å². The Morgan fingerprint density at radius 3 is 2.57 bits per heavy atom. The number of esters is 1. The fourth-order valence-corrected chi connectivity index (χ4v) is 2.57. The summed E-state index contributed by atoms with van der Waals surface area (Å²) in [5.41, 5.74) is 2.56. The molecule has 0 aliphatic carbocycles. The molecule has 4 nitrogen and oxygen atoms in total. The highest BCUT2D eigenvalue weighted by molar-refractivity contribution is 9.10. The van der Waals surface area contributed by atoms with Crippen molar-refractivity contribution in [3.63, 3.8) is 0 Å². The van der Waals surface area contributed by atoms with Crippen LogP contribution in [0.3, 0.4) is 0 Å². The van der Waals surface area contributed by atoms with E-state index < -0.39 is 0 Å². The smallest absolute Gasteiger partial charge is 0.338 e. The number of carbonyl (C=O) groups excluding carboxylic acids is 1. The Bertz CT molecular complexity index is 783. The van der Waals surface area contributed by atoms with Crippen LogP contribution in [0.2, 0.25) is 0 Å². The number of aromatic nitrogens is 2. The van der Waals surface area contributed by atoms with E-state index >= 15 is 0 Å². The number of carbonyl (C=O) groups is 1. The SMILES string of the molecule is O=C(OCc1ccccc1Br)c1ccc(Cn2cccn2)cc1. The Labute approximate surface area is 142 Å². The predicted octanol–water partition coefficient (Wildman–Crippen LogP) is 4.05. The largest absolute Gasteiger partial charge is 0.457 e. The van der Waals surface area contributed by atoms with E-state index in [4.69, 9.17) is 4.74 Å². The molecule has 0 amide bonds. The summed E-state index contributed by atoms with van der Waals surface area (Å²) in [6.07, 6.45) is 3.65. The molecule has 3 aromatic rings. The van der Waals surface area contributed by atoms with E-state index in [0.717, 1.165) is 15.6 Å². The molecule has 0 saturated carbocycles. The molecule has 5 heteroatoms. The molecule has 1 heterocycles. The lowest BCUT2D eigenvalue weighted by molar-refractivity contribution is 0.0472. The maximum absolute atomic E-state index is 12.1. The summed E-state index contributed by atoms with van der Waals surface area (Å²) >= 11 is 3.44. The van der Waals surface area contributed by atoms with Gasteiger partial charge in [-0.25, -0.2) is 4.79 Å². The molecule has 2 aromatic carbocycles. The van der Waals surface area contributed by atoms with Crippen molar-refractivity contribution in [1.82, 2.24) is 9.78 Å². The van der Waals surface area contributed by atoms with Crippen molar-refractivity contribution in [1.29, 1.82) is 0 Å². The van der Waals surface area contributed by atoms with E-state index in [1.807, 2.05) is 53.3 Å². The van der Waals surface area contributed by atoms with Crippen molar-refractivity contribution in [3.8, 4) is 0 Å². The predicted molar refractivity (Wildman–Crippen MR) is 91.0 cm³/mol. The van der Waals surface area contributed by atoms with E-state index in [1.54, 1.807) is 18.3 Å². The van der Waals surface area contributed by atoms with Crippen molar-refractivity contribution in [3.05, 3.63) is 88.2 Å². The van der Waals surface area contributed by atoms with Crippen LogP contribution >= 0.6 is 15.9 Å². The van der Waals surface area contributed by atoms with Gasteiger partial charge in [0.15, 0.2) is 0 Å². The Balaban J connectivity index is 1.60. The fourth-order valence-electron chi connectivity index (χ4n) is 2.17. The normalized spacial score (nSPS) is 10.5. The van der Waals surface area contributed by atoms with Crippen LogP contribution in [0.4, 0.5) is 0 Å². The second kappa shape index (κ2) is 7.24. The van der Waals surface area contributed by atoms with Crippen molar-refractivity contribution < 1.29 is 9.53 Å². The van der Waals surface area contributed by atoms with Gasteiger partial charge in [0, 0.05) is 22.4 Å². The molecular weight excluding hydrogens is 356 g/mol. The second-order valence-corrected chi connectivity index (χ2v) is 5.92. The molecule has 0 atom stereocenters. The van der Waals surface area contributed by atoms with Gasteiger partial charge in [0.2, 0.25) is 0 Å². The topological polar surface area (TPSA) is 44.1 Å². The molecule has 0 saturated heterocycles. The van der Waals surface area contributed by atoms with E-state index in [9.17, 15) is 4.79 Å². The molecule has 0 bridgehead atoms. The lowest BCUT2D eigenvalue weighted by Crippen LogP contribution is -2.06. The number of hydrogen-bond donors (Lipinski definition) is 0. The van der Waals surface area contributed by atoms with Gasteiger partial charge in [-0.3, -0.25) is 4.68 Å². The minimum Gasteiger partial charge on any atom is -0.457 e. The van der Waals surface area contributed by atoms with Crippen LogP contribution in [0.5, 0.6) is 0 Å². The van der Waals surface area contributed by atoms with E-state index in [1.165, 1.54) is 0 Å². The average Bonchev–Trinajstić information content (AvgIpc) is 3.07. The van der Waals surface area contributed by atoms with Crippen LogP contribution in [-0.4, -0.2) is 15.7 Å². The number of nitrogens with zero attached hydrogens (tertiary/aromatic N) is 2.